The Bertz CT molecular complexity index is 1190. The van der Waals surface area contributed by atoms with Crippen LogP contribution in [0.2, 0.25) is 0 Å². The van der Waals surface area contributed by atoms with Crippen molar-refractivity contribution in [1.82, 2.24) is 9.97 Å². The van der Waals surface area contributed by atoms with Crippen molar-refractivity contribution in [3.8, 4) is 28.3 Å². The monoisotopic (exact) mass is 425 g/mol. The maximum Gasteiger partial charge on any atom is 0.225 e. The molecule has 0 saturated heterocycles. The standard InChI is InChI=1S/C26H23N3O3/c30-17-19-6-9-20(10-7-19)23-16-27-26(25(28-23)21-11-13-22(31)14-12-21)29-24(32)15-8-18-4-2-1-3-5-18/h1-7,9-14,16,30-31H,8,15,17H2,(H,27,29,32). The van der Waals surface area contributed by atoms with E-state index in [0.29, 0.717) is 30.0 Å². The van der Waals surface area contributed by atoms with E-state index in [0.717, 1.165) is 22.3 Å². The van der Waals surface area contributed by atoms with E-state index < -0.39 is 0 Å². The molecule has 0 atom stereocenters. The van der Waals surface area contributed by atoms with Crippen molar-refractivity contribution >= 4 is 11.7 Å². The molecule has 0 bridgehead atoms. The molecule has 32 heavy (non-hydrogen) atoms. The fourth-order valence-electron chi connectivity index (χ4n) is 3.32. The van der Waals surface area contributed by atoms with Gasteiger partial charge >= 0.3 is 0 Å². The molecule has 3 aromatic carbocycles. The van der Waals surface area contributed by atoms with Gasteiger partial charge in [-0.1, -0.05) is 54.6 Å². The molecule has 0 spiro atoms. The van der Waals surface area contributed by atoms with Crippen LogP contribution in [0.5, 0.6) is 5.75 Å². The number of nitrogens with one attached hydrogen (secondary N) is 1. The Balaban J connectivity index is 1.61. The molecule has 4 aromatic rings. The minimum Gasteiger partial charge on any atom is -0.508 e. The van der Waals surface area contributed by atoms with Gasteiger partial charge in [-0.3, -0.25) is 4.79 Å². The Morgan fingerprint density at radius 3 is 2.22 bits per heavy atom. The van der Waals surface area contributed by atoms with Gasteiger partial charge in [0.2, 0.25) is 5.91 Å². The third kappa shape index (κ3) is 5.17. The van der Waals surface area contributed by atoms with E-state index in [1.807, 2.05) is 54.6 Å². The number of anilines is 1. The lowest BCUT2D eigenvalue weighted by Gasteiger charge is -2.12. The van der Waals surface area contributed by atoms with Gasteiger partial charge < -0.3 is 15.5 Å². The Morgan fingerprint density at radius 2 is 1.53 bits per heavy atom. The summed E-state index contributed by atoms with van der Waals surface area (Å²) in [5.74, 6) is 0.360. The molecule has 0 aliphatic carbocycles. The molecule has 4 rings (SSSR count). The fourth-order valence-corrected chi connectivity index (χ4v) is 3.32. The van der Waals surface area contributed by atoms with E-state index in [1.54, 1.807) is 30.5 Å². The van der Waals surface area contributed by atoms with Crippen molar-refractivity contribution in [1.29, 1.82) is 0 Å². The number of amides is 1. The largest absolute Gasteiger partial charge is 0.508 e. The maximum absolute atomic E-state index is 12.6. The van der Waals surface area contributed by atoms with E-state index in [2.05, 4.69) is 10.3 Å². The average molecular weight is 425 g/mol. The summed E-state index contributed by atoms with van der Waals surface area (Å²) < 4.78 is 0. The number of phenols is 1. The number of rotatable bonds is 7. The number of phenolic OH excluding ortho intramolecular Hbond substituents is 1. The lowest BCUT2D eigenvalue weighted by molar-refractivity contribution is -0.116. The highest BCUT2D eigenvalue weighted by atomic mass is 16.3. The smallest absolute Gasteiger partial charge is 0.225 e. The van der Waals surface area contributed by atoms with Gasteiger partial charge in [-0.05, 0) is 41.8 Å². The van der Waals surface area contributed by atoms with Crippen LogP contribution in [0, 0.1) is 0 Å². The first-order valence-electron chi connectivity index (χ1n) is 10.3. The number of nitrogens with zero attached hydrogens (tertiary/aromatic N) is 2. The second-order valence-electron chi connectivity index (χ2n) is 7.39. The Kier molecular flexibility index (Phi) is 6.53. The fraction of sp³-hybridized carbons (Fsp3) is 0.115. The summed E-state index contributed by atoms with van der Waals surface area (Å²) in [6.07, 6.45) is 2.57. The molecular formula is C26H23N3O3. The average Bonchev–Trinajstić information content (AvgIpc) is 2.84. The molecule has 1 aromatic heterocycles. The predicted molar refractivity (Wildman–Crippen MR) is 124 cm³/mol. The van der Waals surface area contributed by atoms with Crippen LogP contribution >= 0.6 is 0 Å². The Morgan fingerprint density at radius 1 is 0.844 bits per heavy atom. The molecular weight excluding hydrogens is 402 g/mol. The number of aromatic nitrogens is 2. The number of aliphatic hydroxyl groups is 1. The molecule has 3 N–H and O–H groups in total. The molecule has 0 unspecified atom stereocenters. The summed E-state index contributed by atoms with van der Waals surface area (Å²) in [4.78, 5) is 21.8. The van der Waals surface area contributed by atoms with Crippen LogP contribution in [0.1, 0.15) is 17.5 Å². The number of aromatic hydroxyl groups is 1. The summed E-state index contributed by atoms with van der Waals surface area (Å²) in [6, 6.07) is 23.8. The molecule has 160 valence electrons. The first-order valence-corrected chi connectivity index (χ1v) is 10.3. The lowest BCUT2D eigenvalue weighted by atomic mass is 10.1. The quantitative estimate of drug-likeness (QED) is 0.403. The van der Waals surface area contributed by atoms with Gasteiger partial charge in [0, 0.05) is 17.5 Å². The van der Waals surface area contributed by atoms with Crippen LogP contribution in [0.15, 0.2) is 85.1 Å². The first kappa shape index (κ1) is 21.2. The number of aliphatic hydroxyl groups excluding tert-OH is 1. The summed E-state index contributed by atoms with van der Waals surface area (Å²) in [5, 5.41) is 21.8. The molecule has 1 amide bonds. The molecule has 0 saturated carbocycles. The minimum absolute atomic E-state index is 0.0291. The van der Waals surface area contributed by atoms with Crippen molar-refractivity contribution in [2.24, 2.45) is 0 Å². The number of carbonyl (C=O) groups excluding carboxylic acids is 1. The summed E-state index contributed by atoms with van der Waals surface area (Å²) >= 11 is 0. The number of hydrogen-bond acceptors (Lipinski definition) is 5. The van der Waals surface area contributed by atoms with E-state index in [1.165, 1.54) is 0 Å². The van der Waals surface area contributed by atoms with Crippen LogP contribution in [0.25, 0.3) is 22.5 Å². The third-order valence-corrected chi connectivity index (χ3v) is 5.09. The molecule has 0 fully saturated rings. The van der Waals surface area contributed by atoms with Gasteiger partial charge in [0.05, 0.1) is 18.5 Å². The number of aryl methyl sites for hydroxylation is 1. The maximum atomic E-state index is 12.6. The zero-order valence-corrected chi connectivity index (χ0v) is 17.4. The third-order valence-electron chi connectivity index (χ3n) is 5.09. The minimum atomic E-state index is -0.150. The number of hydrogen-bond donors (Lipinski definition) is 3. The second-order valence-corrected chi connectivity index (χ2v) is 7.39. The lowest BCUT2D eigenvalue weighted by Crippen LogP contribution is -2.15. The van der Waals surface area contributed by atoms with E-state index >= 15 is 0 Å². The van der Waals surface area contributed by atoms with Crippen LogP contribution in [0.3, 0.4) is 0 Å². The molecule has 6 heteroatoms. The summed E-state index contributed by atoms with van der Waals surface area (Å²) in [7, 11) is 0. The predicted octanol–water partition coefficient (Wildman–Crippen LogP) is 4.58. The van der Waals surface area contributed by atoms with Crippen molar-refractivity contribution in [2.75, 3.05) is 5.32 Å². The van der Waals surface area contributed by atoms with E-state index in [4.69, 9.17) is 4.98 Å². The molecule has 0 aliphatic rings. The summed E-state index contributed by atoms with van der Waals surface area (Å²) in [5.41, 5.74) is 4.62. The van der Waals surface area contributed by atoms with Gasteiger partial charge in [0.25, 0.3) is 0 Å². The molecule has 6 nitrogen and oxygen atoms in total. The highest BCUT2D eigenvalue weighted by Gasteiger charge is 2.14. The van der Waals surface area contributed by atoms with Crippen molar-refractivity contribution in [3.05, 3.63) is 96.2 Å². The van der Waals surface area contributed by atoms with Crippen molar-refractivity contribution < 1.29 is 15.0 Å². The van der Waals surface area contributed by atoms with Crippen LogP contribution < -0.4 is 5.32 Å². The van der Waals surface area contributed by atoms with Crippen LogP contribution in [-0.4, -0.2) is 26.1 Å². The molecule has 1 heterocycles. The highest BCUT2D eigenvalue weighted by molar-refractivity contribution is 5.93. The van der Waals surface area contributed by atoms with Gasteiger partial charge in [-0.25, -0.2) is 9.97 Å². The zero-order valence-electron chi connectivity index (χ0n) is 17.4. The number of carbonyl (C=O) groups is 1. The van der Waals surface area contributed by atoms with E-state index in [9.17, 15) is 15.0 Å². The Labute approximate surface area is 186 Å². The van der Waals surface area contributed by atoms with Gasteiger partial charge in [0.15, 0.2) is 5.82 Å². The van der Waals surface area contributed by atoms with Gasteiger partial charge in [-0.2, -0.15) is 0 Å². The first-order chi connectivity index (χ1) is 15.6. The normalized spacial score (nSPS) is 10.7. The Hall–Kier alpha value is -4.03. The summed E-state index contributed by atoms with van der Waals surface area (Å²) in [6.45, 7) is -0.0291. The van der Waals surface area contributed by atoms with Crippen LogP contribution in [-0.2, 0) is 17.8 Å². The van der Waals surface area contributed by atoms with E-state index in [-0.39, 0.29) is 18.3 Å². The number of benzene rings is 3. The zero-order chi connectivity index (χ0) is 22.3. The second kappa shape index (κ2) is 9.85. The molecule has 0 radical (unpaired) electrons. The SMILES string of the molecule is O=C(CCc1ccccc1)Nc1ncc(-c2ccc(CO)cc2)nc1-c1ccc(O)cc1. The van der Waals surface area contributed by atoms with Gasteiger partial charge in [0.1, 0.15) is 11.4 Å². The topological polar surface area (TPSA) is 95.3 Å². The highest BCUT2D eigenvalue weighted by Crippen LogP contribution is 2.29. The van der Waals surface area contributed by atoms with Crippen molar-refractivity contribution in [3.63, 3.8) is 0 Å². The van der Waals surface area contributed by atoms with Crippen molar-refractivity contribution in [2.45, 2.75) is 19.4 Å². The molecule has 0 aliphatic heterocycles. The van der Waals surface area contributed by atoms with Crippen LogP contribution in [0.4, 0.5) is 5.82 Å². The van der Waals surface area contributed by atoms with Gasteiger partial charge in [-0.15, -0.1) is 0 Å².